The summed E-state index contributed by atoms with van der Waals surface area (Å²) in [5.74, 6) is 0. The summed E-state index contributed by atoms with van der Waals surface area (Å²) >= 11 is 0. The van der Waals surface area contributed by atoms with Gasteiger partial charge in [-0.2, -0.15) is 0 Å². The fourth-order valence-electron chi connectivity index (χ4n) is 4.39. The van der Waals surface area contributed by atoms with Gasteiger partial charge < -0.3 is 9.64 Å². The fraction of sp³-hybridized carbons (Fsp3) is 0.440. The summed E-state index contributed by atoms with van der Waals surface area (Å²) in [6, 6.07) is 16.9. The van der Waals surface area contributed by atoms with Crippen molar-refractivity contribution < 1.29 is 9.30 Å². The number of aromatic nitrogens is 3. The number of hydrogen-bond donors (Lipinski definition) is 1. The van der Waals surface area contributed by atoms with Gasteiger partial charge in [-0.3, -0.25) is 9.88 Å². The van der Waals surface area contributed by atoms with Crippen LogP contribution in [0.2, 0.25) is 0 Å². The van der Waals surface area contributed by atoms with E-state index in [-0.39, 0.29) is 8.46 Å². The Hall–Kier alpha value is -2.60. The average Bonchev–Trinajstić information content (AvgIpc) is 3.26. The standard InChI is InChI=1S/C25H32N5O2P/c1-32-16-9-3-2-8-14-26-19-29-18-20-10-4-5-11-21(20)25-24(22-12-6-7-13-23(22)29)27-28-30(25)15-17-33-31/h4-7,10-13,26H,2-3,8-9,14-19H2,1H3. The highest BCUT2D eigenvalue weighted by Gasteiger charge is 2.26. The molecule has 0 spiro atoms. The van der Waals surface area contributed by atoms with E-state index in [0.717, 1.165) is 67.4 Å². The zero-order chi connectivity index (χ0) is 22.9. The number of hydrogen-bond acceptors (Lipinski definition) is 6. The zero-order valence-corrected chi connectivity index (χ0v) is 20.1. The van der Waals surface area contributed by atoms with Crippen LogP contribution < -0.4 is 10.2 Å². The summed E-state index contributed by atoms with van der Waals surface area (Å²) in [5, 5.41) is 12.7. The van der Waals surface area contributed by atoms with E-state index in [4.69, 9.17) is 4.74 Å². The number of aryl methyl sites for hydroxylation is 1. The number of unbranched alkanes of at least 4 members (excludes halogenated alkanes) is 3. The van der Waals surface area contributed by atoms with Gasteiger partial charge in [-0.25, -0.2) is 4.68 Å². The van der Waals surface area contributed by atoms with Crippen molar-refractivity contribution >= 4 is 14.1 Å². The molecule has 2 aromatic carbocycles. The van der Waals surface area contributed by atoms with Crippen LogP contribution in [0.15, 0.2) is 48.5 Å². The van der Waals surface area contributed by atoms with Crippen LogP contribution in [0.5, 0.6) is 0 Å². The third kappa shape index (κ3) is 5.67. The zero-order valence-electron chi connectivity index (χ0n) is 19.2. The first-order chi connectivity index (χ1) is 16.3. The van der Waals surface area contributed by atoms with Crippen LogP contribution >= 0.6 is 8.46 Å². The molecular weight excluding hydrogens is 433 g/mol. The van der Waals surface area contributed by atoms with Crippen molar-refractivity contribution in [3.05, 3.63) is 54.1 Å². The number of para-hydroxylation sites is 1. The Bertz CT molecular complexity index is 1050. The number of anilines is 1. The Labute approximate surface area is 197 Å². The highest BCUT2D eigenvalue weighted by molar-refractivity contribution is 7.23. The van der Waals surface area contributed by atoms with E-state index < -0.39 is 0 Å². The van der Waals surface area contributed by atoms with Gasteiger partial charge in [-0.15, -0.1) is 5.10 Å². The summed E-state index contributed by atoms with van der Waals surface area (Å²) < 4.78 is 18.1. The van der Waals surface area contributed by atoms with Crippen LogP contribution in [-0.2, 0) is 22.4 Å². The molecule has 1 aliphatic heterocycles. The number of nitrogens with one attached hydrogen (secondary N) is 1. The second-order valence-corrected chi connectivity index (χ2v) is 9.01. The molecule has 1 aromatic heterocycles. The second kappa shape index (κ2) is 12.0. The van der Waals surface area contributed by atoms with E-state index in [0.29, 0.717) is 12.7 Å². The maximum Gasteiger partial charge on any atom is 0.157 e. The predicted octanol–water partition coefficient (Wildman–Crippen LogP) is 4.98. The number of nitrogens with zero attached hydrogens (tertiary/aromatic N) is 4. The van der Waals surface area contributed by atoms with Gasteiger partial charge in [0.05, 0.1) is 18.9 Å². The van der Waals surface area contributed by atoms with Gasteiger partial charge >= 0.3 is 0 Å². The van der Waals surface area contributed by atoms with E-state index >= 15 is 0 Å². The van der Waals surface area contributed by atoms with Crippen LogP contribution in [0.4, 0.5) is 5.69 Å². The number of fused-ring (bicyclic) bond motifs is 5. The van der Waals surface area contributed by atoms with Crippen molar-refractivity contribution in [1.82, 2.24) is 20.3 Å². The summed E-state index contributed by atoms with van der Waals surface area (Å²) in [6.07, 6.45) is 5.23. The normalized spacial score (nSPS) is 12.7. The predicted molar refractivity (Wildman–Crippen MR) is 133 cm³/mol. The van der Waals surface area contributed by atoms with Gasteiger partial charge in [-0.1, -0.05) is 60.5 Å². The monoisotopic (exact) mass is 465 g/mol. The third-order valence-corrected chi connectivity index (χ3v) is 6.41. The lowest BCUT2D eigenvalue weighted by atomic mass is 9.96. The molecule has 7 nitrogen and oxygen atoms in total. The molecule has 0 aliphatic carbocycles. The molecule has 1 N–H and O–H groups in total. The first-order valence-corrected chi connectivity index (χ1v) is 12.7. The molecule has 3 aromatic rings. The highest BCUT2D eigenvalue weighted by atomic mass is 31.1. The quantitative estimate of drug-likeness (QED) is 0.301. The van der Waals surface area contributed by atoms with Gasteiger partial charge in [0.1, 0.15) is 5.69 Å². The summed E-state index contributed by atoms with van der Waals surface area (Å²) in [6.45, 7) is 3.96. The molecule has 2 heterocycles. The van der Waals surface area contributed by atoms with Crippen molar-refractivity contribution in [2.75, 3.05) is 38.0 Å². The van der Waals surface area contributed by atoms with E-state index in [1.807, 2.05) is 4.68 Å². The SMILES string of the molecule is COCCCCCCNCN1Cc2ccccc2-c2c(nnn2CCP=O)-c2ccccc21. The molecule has 174 valence electrons. The molecule has 0 radical (unpaired) electrons. The van der Waals surface area contributed by atoms with Crippen molar-refractivity contribution in [1.29, 1.82) is 0 Å². The molecular formula is C25H32N5O2P. The van der Waals surface area contributed by atoms with E-state index in [1.165, 1.54) is 18.4 Å². The Morgan fingerprint density at radius 3 is 2.67 bits per heavy atom. The van der Waals surface area contributed by atoms with E-state index in [9.17, 15) is 4.57 Å². The molecule has 33 heavy (non-hydrogen) atoms. The van der Waals surface area contributed by atoms with Gasteiger partial charge in [0.25, 0.3) is 0 Å². The molecule has 0 amide bonds. The Balaban J connectivity index is 1.58. The highest BCUT2D eigenvalue weighted by Crippen LogP contribution is 2.40. The number of rotatable bonds is 12. The summed E-state index contributed by atoms with van der Waals surface area (Å²) in [5.41, 5.74) is 6.48. The van der Waals surface area contributed by atoms with Crippen LogP contribution in [0.25, 0.3) is 22.5 Å². The largest absolute Gasteiger partial charge is 0.385 e. The molecule has 1 aliphatic rings. The molecule has 0 atom stereocenters. The van der Waals surface area contributed by atoms with Crippen LogP contribution in [0, 0.1) is 0 Å². The minimum Gasteiger partial charge on any atom is -0.385 e. The van der Waals surface area contributed by atoms with Gasteiger partial charge in [0, 0.05) is 43.2 Å². The lowest BCUT2D eigenvalue weighted by molar-refractivity contribution is 0.192. The van der Waals surface area contributed by atoms with Crippen molar-refractivity contribution in [2.24, 2.45) is 0 Å². The van der Waals surface area contributed by atoms with Crippen LogP contribution in [-0.4, -0.2) is 48.1 Å². The lowest BCUT2D eigenvalue weighted by Crippen LogP contribution is -2.35. The van der Waals surface area contributed by atoms with Gasteiger partial charge in [0.15, 0.2) is 8.46 Å². The minimum atomic E-state index is 0.120. The van der Waals surface area contributed by atoms with Crippen molar-refractivity contribution in [2.45, 2.75) is 38.8 Å². The van der Waals surface area contributed by atoms with Gasteiger partial charge in [-0.05, 0) is 31.0 Å². The van der Waals surface area contributed by atoms with Crippen LogP contribution in [0.1, 0.15) is 31.2 Å². The van der Waals surface area contributed by atoms with Gasteiger partial charge in [0.2, 0.25) is 0 Å². The maximum atomic E-state index is 11.1. The topological polar surface area (TPSA) is 72.3 Å². The third-order valence-electron chi connectivity index (χ3n) is 6.03. The summed E-state index contributed by atoms with van der Waals surface area (Å²) in [7, 11) is 1.88. The van der Waals surface area contributed by atoms with Crippen molar-refractivity contribution in [3.63, 3.8) is 0 Å². The smallest absolute Gasteiger partial charge is 0.157 e. The number of ether oxygens (including phenoxy) is 1. The molecule has 0 saturated heterocycles. The molecule has 0 bridgehead atoms. The van der Waals surface area contributed by atoms with E-state index in [1.54, 1.807) is 7.11 Å². The minimum absolute atomic E-state index is 0.120. The average molecular weight is 466 g/mol. The fourth-order valence-corrected chi connectivity index (χ4v) is 4.66. The van der Waals surface area contributed by atoms with Crippen LogP contribution in [0.3, 0.4) is 0 Å². The maximum absolute atomic E-state index is 11.1. The lowest BCUT2D eigenvalue weighted by Gasteiger charge is -2.30. The van der Waals surface area contributed by atoms with Crippen molar-refractivity contribution in [3.8, 4) is 22.5 Å². The molecule has 0 saturated carbocycles. The number of methoxy groups -OCH3 is 1. The molecule has 0 unspecified atom stereocenters. The Morgan fingerprint density at radius 2 is 1.82 bits per heavy atom. The summed E-state index contributed by atoms with van der Waals surface area (Å²) in [4.78, 5) is 2.39. The second-order valence-electron chi connectivity index (χ2n) is 8.30. The first-order valence-electron chi connectivity index (χ1n) is 11.7. The molecule has 4 rings (SSSR count). The molecule has 8 heteroatoms. The van der Waals surface area contributed by atoms with E-state index in [2.05, 4.69) is 69.1 Å². The number of benzene rings is 2. The Morgan fingerprint density at radius 1 is 1.03 bits per heavy atom. The Kier molecular flexibility index (Phi) is 8.59. The molecule has 0 fully saturated rings. The first kappa shape index (κ1) is 23.6.